The van der Waals surface area contributed by atoms with Crippen molar-refractivity contribution >= 4 is 0 Å². The van der Waals surface area contributed by atoms with Gasteiger partial charge < -0.3 is 4.74 Å². The number of pyridine rings is 1. The van der Waals surface area contributed by atoms with Crippen molar-refractivity contribution in [3.05, 3.63) is 72.1 Å². The fourth-order valence-corrected chi connectivity index (χ4v) is 3.39. The second-order valence-corrected chi connectivity index (χ2v) is 6.73. The zero-order valence-corrected chi connectivity index (χ0v) is 16.2. The Bertz CT molecular complexity index is 1200. The molecular formula is C22H17F3N4O. The molecule has 0 unspecified atom stereocenters. The summed E-state index contributed by atoms with van der Waals surface area (Å²) < 4.78 is 45.4. The lowest BCUT2D eigenvalue weighted by molar-refractivity contribution is -0.137. The van der Waals surface area contributed by atoms with Crippen LogP contribution in [-0.2, 0) is 6.18 Å². The predicted octanol–water partition coefficient (Wildman–Crippen LogP) is 5.54. The van der Waals surface area contributed by atoms with E-state index in [4.69, 9.17) is 4.74 Å². The molecule has 0 aliphatic rings. The number of nitrogens with one attached hydrogen (secondary N) is 1. The molecule has 8 heteroatoms. The van der Waals surface area contributed by atoms with Crippen molar-refractivity contribution in [3.8, 4) is 39.4 Å². The van der Waals surface area contributed by atoms with E-state index in [0.717, 1.165) is 23.3 Å². The van der Waals surface area contributed by atoms with Crippen LogP contribution in [-0.4, -0.2) is 27.5 Å². The first kappa shape index (κ1) is 19.6. The molecule has 0 fully saturated rings. The number of aryl methyl sites for hydroxylation is 1. The summed E-state index contributed by atoms with van der Waals surface area (Å²) in [5, 5.41) is 10.9. The smallest absolute Gasteiger partial charge is 0.416 e. The van der Waals surface area contributed by atoms with E-state index < -0.39 is 11.7 Å². The summed E-state index contributed by atoms with van der Waals surface area (Å²) in [4.78, 5) is 4.19. The van der Waals surface area contributed by atoms with Gasteiger partial charge in [-0.3, -0.25) is 4.98 Å². The molecule has 0 aliphatic carbocycles. The molecule has 30 heavy (non-hydrogen) atoms. The maximum atomic E-state index is 13.3. The van der Waals surface area contributed by atoms with Crippen molar-refractivity contribution in [2.24, 2.45) is 0 Å². The van der Waals surface area contributed by atoms with Crippen molar-refractivity contribution in [1.82, 2.24) is 20.4 Å². The van der Waals surface area contributed by atoms with Crippen LogP contribution in [0.15, 0.2) is 60.9 Å². The number of hydrogen-bond acceptors (Lipinski definition) is 4. The number of benzene rings is 2. The van der Waals surface area contributed by atoms with Gasteiger partial charge >= 0.3 is 6.18 Å². The van der Waals surface area contributed by atoms with Crippen LogP contribution in [0.1, 0.15) is 11.1 Å². The summed E-state index contributed by atoms with van der Waals surface area (Å²) >= 11 is 0. The Morgan fingerprint density at radius 2 is 1.67 bits per heavy atom. The number of alkyl halides is 3. The number of aromatic nitrogens is 4. The molecule has 0 saturated heterocycles. The van der Waals surface area contributed by atoms with Gasteiger partial charge in [0.1, 0.15) is 17.1 Å². The highest BCUT2D eigenvalue weighted by molar-refractivity contribution is 5.89. The van der Waals surface area contributed by atoms with Gasteiger partial charge in [-0.15, -0.1) is 0 Å². The highest BCUT2D eigenvalue weighted by Crippen LogP contribution is 2.40. The number of rotatable bonds is 4. The fraction of sp³-hybridized carbons (Fsp3) is 0.136. The molecule has 5 nitrogen and oxygen atoms in total. The molecule has 0 aliphatic heterocycles. The van der Waals surface area contributed by atoms with Gasteiger partial charge in [0.05, 0.1) is 12.7 Å². The summed E-state index contributed by atoms with van der Waals surface area (Å²) in [7, 11) is 1.58. The molecule has 0 amide bonds. The first-order valence-electron chi connectivity index (χ1n) is 9.06. The number of methoxy groups -OCH3 is 1. The monoisotopic (exact) mass is 410 g/mol. The van der Waals surface area contributed by atoms with Crippen LogP contribution in [0, 0.1) is 6.92 Å². The Morgan fingerprint density at radius 3 is 2.43 bits per heavy atom. The average molecular weight is 410 g/mol. The molecule has 0 radical (unpaired) electrons. The highest BCUT2D eigenvalue weighted by Gasteiger charge is 2.31. The van der Waals surface area contributed by atoms with E-state index in [1.165, 1.54) is 0 Å². The van der Waals surface area contributed by atoms with E-state index in [-0.39, 0.29) is 0 Å². The number of hydrogen-bond donors (Lipinski definition) is 1. The SMILES string of the molecule is COc1ccccc1-c1ccncc1-c1n[nH]nc1-c1cc(C)cc(C(F)(F)F)c1. The van der Waals surface area contributed by atoms with Gasteiger partial charge in [0.2, 0.25) is 0 Å². The standard InChI is InChI=1S/C22H17F3N4O/c1-13-9-14(11-15(10-13)22(23,24)25)20-21(28-29-27-20)18-12-26-8-7-16(18)17-5-3-4-6-19(17)30-2/h3-12H,1-2H3,(H,27,28,29). The van der Waals surface area contributed by atoms with Crippen molar-refractivity contribution in [2.75, 3.05) is 7.11 Å². The van der Waals surface area contributed by atoms with Crippen molar-refractivity contribution in [3.63, 3.8) is 0 Å². The number of para-hydroxylation sites is 1. The molecule has 1 N–H and O–H groups in total. The molecule has 4 aromatic rings. The van der Waals surface area contributed by atoms with Crippen molar-refractivity contribution in [2.45, 2.75) is 13.1 Å². The third kappa shape index (κ3) is 3.63. The molecule has 2 aromatic heterocycles. The van der Waals surface area contributed by atoms with E-state index in [9.17, 15) is 13.2 Å². The fourth-order valence-electron chi connectivity index (χ4n) is 3.39. The van der Waals surface area contributed by atoms with Crippen LogP contribution in [0.2, 0.25) is 0 Å². The number of aromatic amines is 1. The zero-order valence-electron chi connectivity index (χ0n) is 16.2. The molecule has 152 valence electrons. The molecule has 0 atom stereocenters. The number of ether oxygens (including phenoxy) is 1. The maximum absolute atomic E-state index is 13.3. The minimum atomic E-state index is -4.46. The van der Waals surface area contributed by atoms with Crippen LogP contribution >= 0.6 is 0 Å². The normalized spacial score (nSPS) is 11.5. The Morgan fingerprint density at radius 1 is 0.900 bits per heavy atom. The highest BCUT2D eigenvalue weighted by atomic mass is 19.4. The van der Waals surface area contributed by atoms with Crippen LogP contribution in [0.25, 0.3) is 33.6 Å². The van der Waals surface area contributed by atoms with E-state index in [0.29, 0.717) is 33.8 Å². The van der Waals surface area contributed by atoms with E-state index in [1.807, 2.05) is 30.3 Å². The first-order chi connectivity index (χ1) is 14.4. The van der Waals surface area contributed by atoms with Gasteiger partial charge in [-0.2, -0.15) is 28.6 Å². The Labute approximate surface area is 170 Å². The third-order valence-electron chi connectivity index (χ3n) is 4.70. The van der Waals surface area contributed by atoms with Gasteiger partial charge in [0.25, 0.3) is 0 Å². The van der Waals surface area contributed by atoms with E-state index >= 15 is 0 Å². The topological polar surface area (TPSA) is 63.7 Å². The van der Waals surface area contributed by atoms with Gasteiger partial charge in [-0.05, 0) is 48.4 Å². The summed E-state index contributed by atoms with van der Waals surface area (Å²) in [5.74, 6) is 0.657. The lowest BCUT2D eigenvalue weighted by Crippen LogP contribution is -2.05. The maximum Gasteiger partial charge on any atom is 0.416 e. The molecule has 2 aromatic carbocycles. The summed E-state index contributed by atoms with van der Waals surface area (Å²) in [6, 6.07) is 13.1. The van der Waals surface area contributed by atoms with E-state index in [1.54, 1.807) is 32.5 Å². The molecule has 2 heterocycles. The molecular weight excluding hydrogens is 393 g/mol. The average Bonchev–Trinajstić information content (AvgIpc) is 3.22. The second-order valence-electron chi connectivity index (χ2n) is 6.73. The number of halogens is 3. The van der Waals surface area contributed by atoms with Gasteiger partial charge in [-0.25, -0.2) is 0 Å². The van der Waals surface area contributed by atoms with Gasteiger partial charge in [0.15, 0.2) is 0 Å². The van der Waals surface area contributed by atoms with Gasteiger partial charge in [-0.1, -0.05) is 18.2 Å². The molecule has 0 saturated carbocycles. The summed E-state index contributed by atoms with van der Waals surface area (Å²) in [6.07, 6.45) is -1.20. The van der Waals surface area contributed by atoms with E-state index in [2.05, 4.69) is 20.4 Å². The van der Waals surface area contributed by atoms with Gasteiger partial charge in [0, 0.05) is 29.1 Å². The summed E-state index contributed by atoms with van der Waals surface area (Å²) in [5.41, 5.74) is 3.00. The Kier molecular flexibility index (Phi) is 4.99. The number of H-pyrrole nitrogens is 1. The minimum absolute atomic E-state index is 0.313. The zero-order chi connectivity index (χ0) is 21.3. The first-order valence-corrected chi connectivity index (χ1v) is 9.06. The molecule has 0 bridgehead atoms. The lowest BCUT2D eigenvalue weighted by atomic mass is 9.95. The third-order valence-corrected chi connectivity index (χ3v) is 4.70. The Hall–Kier alpha value is -3.68. The molecule has 4 rings (SSSR count). The van der Waals surface area contributed by atoms with Crippen LogP contribution < -0.4 is 4.74 Å². The van der Waals surface area contributed by atoms with Crippen molar-refractivity contribution in [1.29, 1.82) is 0 Å². The number of nitrogens with zero attached hydrogens (tertiary/aromatic N) is 3. The largest absolute Gasteiger partial charge is 0.496 e. The lowest BCUT2D eigenvalue weighted by Gasteiger charge is -2.13. The van der Waals surface area contributed by atoms with Crippen LogP contribution in [0.5, 0.6) is 5.75 Å². The molecule has 0 spiro atoms. The summed E-state index contributed by atoms with van der Waals surface area (Å²) in [6.45, 7) is 1.61. The predicted molar refractivity (Wildman–Crippen MR) is 107 cm³/mol. The van der Waals surface area contributed by atoms with Crippen LogP contribution in [0.4, 0.5) is 13.2 Å². The minimum Gasteiger partial charge on any atom is -0.496 e. The van der Waals surface area contributed by atoms with Crippen LogP contribution in [0.3, 0.4) is 0 Å². The van der Waals surface area contributed by atoms with Crippen molar-refractivity contribution < 1.29 is 17.9 Å². The quantitative estimate of drug-likeness (QED) is 0.480. The Balaban J connectivity index is 1.90. The second kappa shape index (κ2) is 7.62.